The van der Waals surface area contributed by atoms with E-state index in [0.29, 0.717) is 17.0 Å². The highest BCUT2D eigenvalue weighted by Gasteiger charge is 2.42. The molecule has 2 amide bonds. The Morgan fingerprint density at radius 1 is 1.00 bits per heavy atom. The van der Waals surface area contributed by atoms with Gasteiger partial charge in [-0.25, -0.2) is 0 Å². The molecule has 2 unspecified atom stereocenters. The molecular formula is C24H27N3O3S. The second-order valence-electron chi connectivity index (χ2n) is 7.23. The van der Waals surface area contributed by atoms with Gasteiger partial charge in [0.2, 0.25) is 11.8 Å². The zero-order chi connectivity index (χ0) is 22.5. The monoisotopic (exact) mass is 437 g/mol. The molecule has 7 heteroatoms. The summed E-state index contributed by atoms with van der Waals surface area (Å²) < 4.78 is 5.59. The predicted octanol–water partition coefficient (Wildman–Crippen LogP) is 3.50. The predicted molar refractivity (Wildman–Crippen MR) is 125 cm³/mol. The van der Waals surface area contributed by atoms with Gasteiger partial charge < -0.3 is 20.7 Å². The smallest absolute Gasteiger partial charge is 0.247 e. The molecule has 2 aromatic carbocycles. The molecule has 0 radical (unpaired) electrons. The zero-order valence-corrected chi connectivity index (χ0v) is 18.9. The van der Waals surface area contributed by atoms with Gasteiger partial charge in [0.15, 0.2) is 0 Å². The van der Waals surface area contributed by atoms with Crippen LogP contribution in [0.5, 0.6) is 5.75 Å². The van der Waals surface area contributed by atoms with Gasteiger partial charge in [0.25, 0.3) is 0 Å². The van der Waals surface area contributed by atoms with Crippen molar-refractivity contribution in [2.75, 3.05) is 26.5 Å². The van der Waals surface area contributed by atoms with Gasteiger partial charge in [-0.3, -0.25) is 9.59 Å². The van der Waals surface area contributed by atoms with Crippen LogP contribution >= 0.6 is 12.6 Å². The molecule has 162 valence electrons. The van der Waals surface area contributed by atoms with Gasteiger partial charge in [0, 0.05) is 41.7 Å². The van der Waals surface area contributed by atoms with Crippen LogP contribution in [0.1, 0.15) is 18.4 Å². The van der Waals surface area contributed by atoms with Gasteiger partial charge in [-0.05, 0) is 36.8 Å². The second kappa shape index (κ2) is 9.75. The molecule has 3 N–H and O–H groups in total. The van der Waals surface area contributed by atoms with Gasteiger partial charge in [0.1, 0.15) is 5.75 Å². The molecule has 0 saturated carbocycles. The molecule has 3 rings (SSSR count). The average Bonchev–Trinajstić information content (AvgIpc) is 2.79. The van der Waals surface area contributed by atoms with E-state index in [0.717, 1.165) is 21.7 Å². The van der Waals surface area contributed by atoms with Crippen LogP contribution in [0.3, 0.4) is 0 Å². The molecule has 2 aromatic rings. The number of anilines is 1. The summed E-state index contributed by atoms with van der Waals surface area (Å²) in [5.41, 5.74) is 3.53. The van der Waals surface area contributed by atoms with Crippen LogP contribution in [0, 0.1) is 5.92 Å². The highest BCUT2D eigenvalue weighted by Crippen LogP contribution is 2.45. The summed E-state index contributed by atoms with van der Waals surface area (Å²) in [7, 11) is 4.76. The van der Waals surface area contributed by atoms with E-state index in [2.05, 4.69) is 28.6 Å². The molecule has 0 heterocycles. The van der Waals surface area contributed by atoms with E-state index in [9.17, 15) is 9.59 Å². The third-order valence-electron chi connectivity index (χ3n) is 5.43. The molecule has 0 aromatic heterocycles. The third kappa shape index (κ3) is 4.46. The highest BCUT2D eigenvalue weighted by atomic mass is 32.1. The summed E-state index contributed by atoms with van der Waals surface area (Å²) >= 11 is 4.53. The van der Waals surface area contributed by atoms with Gasteiger partial charge >= 0.3 is 0 Å². The highest BCUT2D eigenvalue weighted by molar-refractivity contribution is 7.80. The summed E-state index contributed by atoms with van der Waals surface area (Å²) in [4.78, 5) is 26.9. The van der Waals surface area contributed by atoms with Crippen LogP contribution in [-0.2, 0) is 9.59 Å². The zero-order valence-electron chi connectivity index (χ0n) is 18.0. The van der Waals surface area contributed by atoms with Crippen LogP contribution in [0.15, 0.2) is 76.3 Å². The van der Waals surface area contributed by atoms with Gasteiger partial charge in [-0.1, -0.05) is 30.3 Å². The first-order chi connectivity index (χ1) is 14.9. The van der Waals surface area contributed by atoms with Gasteiger partial charge in [-0.15, -0.1) is 12.6 Å². The number of benzene rings is 2. The van der Waals surface area contributed by atoms with Crippen molar-refractivity contribution in [2.45, 2.75) is 17.7 Å². The fourth-order valence-corrected chi connectivity index (χ4v) is 4.22. The lowest BCUT2D eigenvalue weighted by Crippen LogP contribution is -2.40. The SMILES string of the molecule is CNC(=O)C1=C(C)C=C(Nc2ccccc2S)C(C(=O)NC)C1c1ccccc1OC. The Labute approximate surface area is 188 Å². The van der Waals surface area contributed by atoms with Crippen LogP contribution < -0.4 is 20.7 Å². The summed E-state index contributed by atoms with van der Waals surface area (Å²) in [6.45, 7) is 1.88. The molecule has 1 aliphatic rings. The minimum atomic E-state index is -0.676. The molecule has 31 heavy (non-hydrogen) atoms. The van der Waals surface area contributed by atoms with E-state index in [4.69, 9.17) is 4.74 Å². The molecular weight excluding hydrogens is 410 g/mol. The molecule has 0 saturated heterocycles. The number of hydrogen-bond acceptors (Lipinski definition) is 5. The maximum atomic E-state index is 13.2. The lowest BCUT2D eigenvalue weighted by molar-refractivity contribution is -0.124. The van der Waals surface area contributed by atoms with Crippen molar-refractivity contribution < 1.29 is 14.3 Å². The number of thiol groups is 1. The first kappa shape index (κ1) is 22.5. The largest absolute Gasteiger partial charge is 0.496 e. The first-order valence-electron chi connectivity index (χ1n) is 9.96. The van der Waals surface area contributed by atoms with Crippen LogP contribution in [0.4, 0.5) is 5.69 Å². The Balaban J connectivity index is 2.24. The van der Waals surface area contributed by atoms with Crippen LogP contribution in [0.2, 0.25) is 0 Å². The molecule has 1 aliphatic carbocycles. The van der Waals surface area contributed by atoms with Crippen LogP contribution in [0.25, 0.3) is 0 Å². The Hall–Kier alpha value is -3.19. The van der Waals surface area contributed by atoms with Crippen molar-refractivity contribution in [3.8, 4) is 5.75 Å². The number of likely N-dealkylation sites (N-methyl/N-ethyl adjacent to an activating group) is 1. The summed E-state index contributed by atoms with van der Waals surface area (Å²) in [5, 5.41) is 8.86. The van der Waals surface area contributed by atoms with Gasteiger partial charge in [-0.2, -0.15) is 0 Å². The minimum Gasteiger partial charge on any atom is -0.496 e. The number of carbonyl (C=O) groups excluding carboxylic acids is 2. The number of amides is 2. The van der Waals surface area contributed by atoms with E-state index in [1.807, 2.05) is 61.5 Å². The van der Waals surface area contributed by atoms with Crippen molar-refractivity contribution in [2.24, 2.45) is 5.92 Å². The Kier molecular flexibility index (Phi) is 7.07. The molecule has 0 aliphatic heterocycles. The van der Waals surface area contributed by atoms with Crippen LogP contribution in [-0.4, -0.2) is 33.0 Å². The van der Waals surface area contributed by atoms with E-state index >= 15 is 0 Å². The number of nitrogens with one attached hydrogen (secondary N) is 3. The third-order valence-corrected chi connectivity index (χ3v) is 5.82. The fraction of sp³-hybridized carbons (Fsp3) is 0.250. The Bertz CT molecular complexity index is 1060. The number of rotatable bonds is 6. The van der Waals surface area contributed by atoms with Crippen molar-refractivity contribution in [3.05, 3.63) is 77.0 Å². The summed E-state index contributed by atoms with van der Waals surface area (Å²) in [5.74, 6) is -1.04. The Morgan fingerprint density at radius 3 is 2.32 bits per heavy atom. The topological polar surface area (TPSA) is 79.5 Å². The van der Waals surface area contributed by atoms with Gasteiger partial charge in [0.05, 0.1) is 18.7 Å². The van der Waals surface area contributed by atoms with Crippen molar-refractivity contribution in [1.82, 2.24) is 10.6 Å². The molecule has 0 fully saturated rings. The number of methoxy groups -OCH3 is 1. The molecule has 2 atom stereocenters. The lowest BCUT2D eigenvalue weighted by atomic mass is 9.72. The normalized spacial score (nSPS) is 18.2. The molecule has 0 spiro atoms. The van der Waals surface area contributed by atoms with E-state index in [-0.39, 0.29) is 11.8 Å². The second-order valence-corrected chi connectivity index (χ2v) is 7.71. The van der Waals surface area contributed by atoms with Crippen molar-refractivity contribution in [3.63, 3.8) is 0 Å². The number of allylic oxidation sites excluding steroid dienone is 2. The number of ether oxygens (including phenoxy) is 1. The minimum absolute atomic E-state index is 0.208. The Morgan fingerprint density at radius 2 is 1.68 bits per heavy atom. The van der Waals surface area contributed by atoms with Crippen molar-refractivity contribution in [1.29, 1.82) is 0 Å². The van der Waals surface area contributed by atoms with E-state index in [1.54, 1.807) is 21.2 Å². The van der Waals surface area contributed by atoms with Crippen molar-refractivity contribution >= 4 is 30.1 Å². The lowest BCUT2D eigenvalue weighted by Gasteiger charge is -2.35. The maximum absolute atomic E-state index is 13.2. The molecule has 6 nitrogen and oxygen atoms in total. The molecule has 0 bridgehead atoms. The van der Waals surface area contributed by atoms with E-state index < -0.39 is 11.8 Å². The fourth-order valence-electron chi connectivity index (χ4n) is 4.00. The standard InChI is InChI=1S/C24H27N3O3S/c1-14-13-17(27-16-10-6-8-12-19(16)31)22(24(29)26-3)21(20(14)23(28)25-2)15-9-5-7-11-18(15)30-4/h5-13,21-22,27,31H,1-4H3,(H,25,28)(H,26,29). The number of para-hydroxylation sites is 2. The summed E-state index contributed by atoms with van der Waals surface area (Å²) in [6.07, 6.45) is 1.86. The first-order valence-corrected chi connectivity index (χ1v) is 10.4. The summed E-state index contributed by atoms with van der Waals surface area (Å²) in [6, 6.07) is 15.0. The number of carbonyl (C=O) groups is 2. The average molecular weight is 438 g/mol. The number of hydrogen-bond donors (Lipinski definition) is 4. The maximum Gasteiger partial charge on any atom is 0.247 e. The van der Waals surface area contributed by atoms with E-state index in [1.165, 1.54) is 0 Å². The quantitative estimate of drug-likeness (QED) is 0.522.